The SMILES string of the molecule is CCc1nc(N)c(C)[nH]1. The lowest BCUT2D eigenvalue weighted by molar-refractivity contribution is 0.983. The molecular weight excluding hydrogens is 114 g/mol. The van der Waals surface area contributed by atoms with E-state index in [1.54, 1.807) is 0 Å². The molecule has 0 aliphatic heterocycles. The minimum Gasteiger partial charge on any atom is -0.382 e. The van der Waals surface area contributed by atoms with E-state index in [0.717, 1.165) is 17.9 Å². The largest absolute Gasteiger partial charge is 0.382 e. The van der Waals surface area contributed by atoms with Gasteiger partial charge >= 0.3 is 0 Å². The molecule has 1 rings (SSSR count). The molecule has 0 atom stereocenters. The molecule has 1 aromatic heterocycles. The molecule has 0 saturated carbocycles. The number of nitrogen functional groups attached to an aromatic ring is 1. The number of rotatable bonds is 1. The van der Waals surface area contributed by atoms with Crippen molar-refractivity contribution in [1.29, 1.82) is 0 Å². The van der Waals surface area contributed by atoms with Gasteiger partial charge in [-0.15, -0.1) is 0 Å². The maximum Gasteiger partial charge on any atom is 0.144 e. The van der Waals surface area contributed by atoms with Crippen molar-refractivity contribution in [3.05, 3.63) is 11.5 Å². The first-order valence-corrected chi connectivity index (χ1v) is 3.05. The summed E-state index contributed by atoms with van der Waals surface area (Å²) in [5.41, 5.74) is 6.44. The minimum absolute atomic E-state index is 0.617. The van der Waals surface area contributed by atoms with Crippen LogP contribution in [0.3, 0.4) is 0 Å². The van der Waals surface area contributed by atoms with Crippen LogP contribution >= 0.6 is 0 Å². The van der Waals surface area contributed by atoms with Gasteiger partial charge in [-0.3, -0.25) is 0 Å². The van der Waals surface area contributed by atoms with Gasteiger partial charge in [-0.2, -0.15) is 0 Å². The lowest BCUT2D eigenvalue weighted by Crippen LogP contribution is -1.86. The fraction of sp³-hybridized carbons (Fsp3) is 0.500. The number of nitrogens with two attached hydrogens (primary N) is 1. The number of nitrogens with one attached hydrogen (secondary N) is 1. The Kier molecular flexibility index (Phi) is 1.42. The molecule has 0 radical (unpaired) electrons. The van der Waals surface area contributed by atoms with Gasteiger partial charge in [-0.1, -0.05) is 6.92 Å². The van der Waals surface area contributed by atoms with Crippen LogP contribution in [-0.4, -0.2) is 9.97 Å². The third-order valence-corrected chi connectivity index (χ3v) is 1.31. The number of aromatic amines is 1. The number of aryl methyl sites for hydroxylation is 2. The van der Waals surface area contributed by atoms with E-state index in [2.05, 4.69) is 9.97 Å². The standard InChI is InChI=1S/C6H11N3/c1-3-5-8-4(2)6(7)9-5/h3,7H2,1-2H3,(H,8,9). The van der Waals surface area contributed by atoms with Gasteiger partial charge in [0.15, 0.2) is 0 Å². The van der Waals surface area contributed by atoms with Crippen LogP contribution in [0.1, 0.15) is 18.4 Å². The minimum atomic E-state index is 0.617. The Labute approximate surface area is 54.3 Å². The van der Waals surface area contributed by atoms with Crippen molar-refractivity contribution in [1.82, 2.24) is 9.97 Å². The molecule has 0 aliphatic rings. The first-order chi connectivity index (χ1) is 4.24. The first-order valence-electron chi connectivity index (χ1n) is 3.05. The highest BCUT2D eigenvalue weighted by atomic mass is 15.0. The Morgan fingerprint density at radius 3 is 2.56 bits per heavy atom. The molecule has 1 heterocycles. The average molecular weight is 125 g/mol. The summed E-state index contributed by atoms with van der Waals surface area (Å²) in [5, 5.41) is 0. The van der Waals surface area contributed by atoms with Crippen LogP contribution in [0.2, 0.25) is 0 Å². The van der Waals surface area contributed by atoms with Gasteiger partial charge < -0.3 is 10.7 Å². The molecule has 1 aromatic rings. The van der Waals surface area contributed by atoms with E-state index in [4.69, 9.17) is 5.73 Å². The quantitative estimate of drug-likeness (QED) is 0.585. The molecule has 3 N–H and O–H groups in total. The third kappa shape index (κ3) is 1.04. The molecule has 0 bridgehead atoms. The van der Waals surface area contributed by atoms with Crippen LogP contribution in [0.5, 0.6) is 0 Å². The highest BCUT2D eigenvalue weighted by Crippen LogP contribution is 2.05. The zero-order chi connectivity index (χ0) is 6.85. The van der Waals surface area contributed by atoms with Crippen LogP contribution < -0.4 is 5.73 Å². The van der Waals surface area contributed by atoms with E-state index in [0.29, 0.717) is 5.82 Å². The summed E-state index contributed by atoms with van der Waals surface area (Å²) in [5.74, 6) is 1.58. The van der Waals surface area contributed by atoms with Gasteiger partial charge in [0.25, 0.3) is 0 Å². The molecule has 0 fully saturated rings. The zero-order valence-corrected chi connectivity index (χ0v) is 5.73. The number of hydrogen-bond acceptors (Lipinski definition) is 2. The van der Waals surface area contributed by atoms with Crippen LogP contribution in [0, 0.1) is 6.92 Å². The van der Waals surface area contributed by atoms with Crippen molar-refractivity contribution in [2.24, 2.45) is 0 Å². The van der Waals surface area contributed by atoms with E-state index in [9.17, 15) is 0 Å². The highest BCUT2D eigenvalue weighted by molar-refractivity contribution is 5.34. The van der Waals surface area contributed by atoms with E-state index < -0.39 is 0 Å². The number of nitrogens with zero attached hydrogens (tertiary/aromatic N) is 1. The Morgan fingerprint density at radius 1 is 1.67 bits per heavy atom. The average Bonchev–Trinajstić information content (AvgIpc) is 2.13. The summed E-state index contributed by atoms with van der Waals surface area (Å²) < 4.78 is 0. The molecule has 3 nitrogen and oxygen atoms in total. The van der Waals surface area contributed by atoms with Crippen molar-refractivity contribution in [3.63, 3.8) is 0 Å². The van der Waals surface area contributed by atoms with Crippen molar-refractivity contribution >= 4 is 5.82 Å². The predicted octanol–water partition coefficient (Wildman–Crippen LogP) is 0.863. The summed E-state index contributed by atoms with van der Waals surface area (Å²) in [4.78, 5) is 7.11. The number of hydrogen-bond donors (Lipinski definition) is 2. The van der Waals surface area contributed by atoms with Gasteiger partial charge in [0, 0.05) is 6.42 Å². The Balaban J connectivity index is 2.98. The van der Waals surface area contributed by atoms with Crippen LogP contribution in [0.15, 0.2) is 0 Å². The smallest absolute Gasteiger partial charge is 0.144 e. The fourth-order valence-corrected chi connectivity index (χ4v) is 0.705. The molecule has 3 heteroatoms. The summed E-state index contributed by atoms with van der Waals surface area (Å²) in [6.07, 6.45) is 0.915. The van der Waals surface area contributed by atoms with Gasteiger partial charge in [0.05, 0.1) is 5.69 Å². The number of H-pyrrole nitrogens is 1. The van der Waals surface area contributed by atoms with Gasteiger partial charge in [0.1, 0.15) is 11.6 Å². The summed E-state index contributed by atoms with van der Waals surface area (Å²) in [6, 6.07) is 0. The maximum absolute atomic E-state index is 5.47. The Hall–Kier alpha value is -0.990. The Morgan fingerprint density at radius 2 is 2.33 bits per heavy atom. The summed E-state index contributed by atoms with van der Waals surface area (Å²) >= 11 is 0. The predicted molar refractivity (Wildman–Crippen MR) is 37.1 cm³/mol. The number of aromatic nitrogens is 2. The lowest BCUT2D eigenvalue weighted by atomic mass is 10.5. The highest BCUT2D eigenvalue weighted by Gasteiger charge is 1.98. The van der Waals surface area contributed by atoms with Gasteiger partial charge in [-0.05, 0) is 6.92 Å². The number of anilines is 1. The summed E-state index contributed by atoms with van der Waals surface area (Å²) in [6.45, 7) is 3.96. The van der Waals surface area contributed by atoms with Crippen LogP contribution in [0.4, 0.5) is 5.82 Å². The molecular formula is C6H11N3. The molecule has 0 aliphatic carbocycles. The summed E-state index contributed by atoms with van der Waals surface area (Å²) in [7, 11) is 0. The Bertz CT molecular complexity index is 183. The van der Waals surface area contributed by atoms with Crippen LogP contribution in [-0.2, 0) is 6.42 Å². The molecule has 0 spiro atoms. The molecule has 50 valence electrons. The fourth-order valence-electron chi connectivity index (χ4n) is 0.705. The van der Waals surface area contributed by atoms with Crippen molar-refractivity contribution in [3.8, 4) is 0 Å². The monoisotopic (exact) mass is 125 g/mol. The second-order valence-electron chi connectivity index (χ2n) is 2.05. The zero-order valence-electron chi connectivity index (χ0n) is 5.73. The van der Waals surface area contributed by atoms with E-state index >= 15 is 0 Å². The molecule has 0 amide bonds. The van der Waals surface area contributed by atoms with E-state index in [1.165, 1.54) is 0 Å². The number of imidazole rings is 1. The second-order valence-corrected chi connectivity index (χ2v) is 2.05. The molecule has 0 saturated heterocycles. The third-order valence-electron chi connectivity index (χ3n) is 1.31. The van der Waals surface area contributed by atoms with Gasteiger partial charge in [0.2, 0.25) is 0 Å². The lowest BCUT2D eigenvalue weighted by Gasteiger charge is -1.81. The van der Waals surface area contributed by atoms with Crippen molar-refractivity contribution < 1.29 is 0 Å². The topological polar surface area (TPSA) is 54.7 Å². The normalized spacial score (nSPS) is 10.0. The van der Waals surface area contributed by atoms with E-state index in [-0.39, 0.29) is 0 Å². The molecule has 9 heavy (non-hydrogen) atoms. The second kappa shape index (κ2) is 2.09. The van der Waals surface area contributed by atoms with Gasteiger partial charge in [-0.25, -0.2) is 4.98 Å². The van der Waals surface area contributed by atoms with Crippen LogP contribution in [0.25, 0.3) is 0 Å². The van der Waals surface area contributed by atoms with E-state index in [1.807, 2.05) is 13.8 Å². The molecule has 0 aromatic carbocycles. The first kappa shape index (κ1) is 6.13. The van der Waals surface area contributed by atoms with Crippen molar-refractivity contribution in [2.75, 3.05) is 5.73 Å². The maximum atomic E-state index is 5.47. The molecule has 0 unspecified atom stereocenters. The van der Waals surface area contributed by atoms with Crippen molar-refractivity contribution in [2.45, 2.75) is 20.3 Å².